The van der Waals surface area contributed by atoms with Gasteiger partial charge in [0.2, 0.25) is 0 Å². The Hall–Kier alpha value is -2.57. The second-order valence-electron chi connectivity index (χ2n) is 5.42. The number of nitrogens with zero attached hydrogens (tertiary/aromatic N) is 4. The quantitative estimate of drug-likeness (QED) is 0.306. The van der Waals surface area contributed by atoms with Crippen LogP contribution in [0.3, 0.4) is 0 Å². The van der Waals surface area contributed by atoms with E-state index >= 15 is 0 Å². The zero-order chi connectivity index (χ0) is 19.2. The zero-order valence-electron chi connectivity index (χ0n) is 14.8. The van der Waals surface area contributed by atoms with Crippen molar-refractivity contribution in [1.29, 1.82) is 0 Å². The molecular formula is C17H18F3IN6O. The third kappa shape index (κ3) is 5.24. The summed E-state index contributed by atoms with van der Waals surface area (Å²) in [7, 11) is 1.54. The van der Waals surface area contributed by atoms with Gasteiger partial charge in [-0.1, -0.05) is 12.1 Å². The number of aliphatic imine (C=N–C) groups is 1. The molecule has 0 aliphatic carbocycles. The van der Waals surface area contributed by atoms with Gasteiger partial charge in [0.15, 0.2) is 17.4 Å². The van der Waals surface area contributed by atoms with Gasteiger partial charge in [-0.3, -0.25) is 9.39 Å². The summed E-state index contributed by atoms with van der Waals surface area (Å²) in [5, 5.41) is 14.0. The molecule has 7 nitrogen and oxygen atoms in total. The highest BCUT2D eigenvalue weighted by atomic mass is 127. The molecule has 3 rings (SSSR count). The number of rotatable bonds is 6. The molecule has 0 aliphatic rings. The molecule has 0 fully saturated rings. The van der Waals surface area contributed by atoms with Gasteiger partial charge in [-0.25, -0.2) is 4.39 Å². The lowest BCUT2D eigenvalue weighted by Gasteiger charge is -2.14. The van der Waals surface area contributed by atoms with Crippen LogP contribution in [0.25, 0.3) is 5.65 Å². The van der Waals surface area contributed by atoms with Crippen molar-refractivity contribution in [2.24, 2.45) is 4.99 Å². The Morgan fingerprint density at radius 1 is 1.14 bits per heavy atom. The first-order valence-corrected chi connectivity index (χ1v) is 8.04. The number of alkyl halides is 2. The molecule has 0 atom stereocenters. The average molecular weight is 506 g/mol. The fourth-order valence-corrected chi connectivity index (χ4v) is 2.48. The maximum atomic E-state index is 14.0. The summed E-state index contributed by atoms with van der Waals surface area (Å²) in [5.41, 5.74) is 0.686. The average Bonchev–Trinajstić information content (AvgIpc) is 3.06. The number of hydrogen-bond acceptors (Lipinski definition) is 4. The number of pyridine rings is 1. The zero-order valence-corrected chi connectivity index (χ0v) is 17.1. The highest BCUT2D eigenvalue weighted by Crippen LogP contribution is 2.23. The summed E-state index contributed by atoms with van der Waals surface area (Å²) in [6, 6.07) is 9.30. The number of benzene rings is 1. The summed E-state index contributed by atoms with van der Waals surface area (Å²) in [4.78, 5) is 4.03. The van der Waals surface area contributed by atoms with E-state index < -0.39 is 12.4 Å². The molecule has 0 bridgehead atoms. The third-order valence-corrected chi connectivity index (χ3v) is 3.75. The molecule has 11 heteroatoms. The summed E-state index contributed by atoms with van der Waals surface area (Å²) in [6.45, 7) is -2.82. The van der Waals surface area contributed by atoms with Crippen LogP contribution in [0, 0.1) is 5.82 Å². The number of aromatic nitrogens is 3. The molecule has 2 aromatic heterocycles. The molecule has 0 radical (unpaired) electrons. The first-order chi connectivity index (χ1) is 13.1. The van der Waals surface area contributed by atoms with Crippen LogP contribution in [0.5, 0.6) is 5.75 Å². The molecule has 0 saturated carbocycles. The van der Waals surface area contributed by atoms with Gasteiger partial charge in [-0.05, 0) is 24.3 Å². The molecule has 2 heterocycles. The molecule has 0 spiro atoms. The van der Waals surface area contributed by atoms with E-state index in [0.717, 1.165) is 0 Å². The summed E-state index contributed by atoms with van der Waals surface area (Å²) < 4.78 is 45.1. The number of fused-ring (bicyclic) bond motifs is 1. The third-order valence-electron chi connectivity index (χ3n) is 3.75. The number of hydrogen-bond donors (Lipinski definition) is 2. The molecule has 0 saturated heterocycles. The van der Waals surface area contributed by atoms with Crippen LogP contribution in [0.1, 0.15) is 11.4 Å². The topological polar surface area (TPSA) is 75.8 Å². The van der Waals surface area contributed by atoms with Crippen molar-refractivity contribution in [3.05, 3.63) is 59.8 Å². The molecule has 3 aromatic rings. The summed E-state index contributed by atoms with van der Waals surface area (Å²) >= 11 is 0. The molecule has 0 amide bonds. The number of ether oxygens (including phenoxy) is 1. The van der Waals surface area contributed by atoms with E-state index in [1.807, 2.05) is 28.8 Å². The SMILES string of the molecule is CN=C(NCc1c(F)cccc1OC(F)F)NCc1nnc2ccccn12.I. The molecule has 1 aromatic carbocycles. The molecule has 0 unspecified atom stereocenters. The van der Waals surface area contributed by atoms with E-state index in [4.69, 9.17) is 0 Å². The molecule has 2 N–H and O–H groups in total. The van der Waals surface area contributed by atoms with E-state index in [1.54, 1.807) is 0 Å². The van der Waals surface area contributed by atoms with Gasteiger partial charge in [0.05, 0.1) is 6.54 Å². The summed E-state index contributed by atoms with van der Waals surface area (Å²) in [6.07, 6.45) is 1.83. The number of guanidine groups is 1. The van der Waals surface area contributed by atoms with E-state index in [0.29, 0.717) is 24.0 Å². The van der Waals surface area contributed by atoms with Crippen LogP contribution in [-0.2, 0) is 13.1 Å². The summed E-state index contributed by atoms with van der Waals surface area (Å²) in [5.74, 6) is 0.117. The van der Waals surface area contributed by atoms with Crippen molar-refractivity contribution in [1.82, 2.24) is 25.2 Å². The van der Waals surface area contributed by atoms with E-state index in [-0.39, 0.29) is 41.8 Å². The molecule has 150 valence electrons. The predicted molar refractivity (Wildman–Crippen MR) is 108 cm³/mol. The van der Waals surface area contributed by atoms with Gasteiger partial charge in [0.1, 0.15) is 11.6 Å². The van der Waals surface area contributed by atoms with Crippen LogP contribution in [-0.4, -0.2) is 34.2 Å². The van der Waals surface area contributed by atoms with E-state index in [9.17, 15) is 13.2 Å². The molecule has 0 aliphatic heterocycles. The highest BCUT2D eigenvalue weighted by Gasteiger charge is 2.14. The monoisotopic (exact) mass is 506 g/mol. The predicted octanol–water partition coefficient (Wildman–Crippen LogP) is 2.95. The Kier molecular flexibility index (Phi) is 7.84. The van der Waals surface area contributed by atoms with Crippen molar-refractivity contribution in [2.75, 3.05) is 7.05 Å². The van der Waals surface area contributed by atoms with Crippen molar-refractivity contribution in [3.8, 4) is 5.75 Å². The van der Waals surface area contributed by atoms with Gasteiger partial charge in [-0.15, -0.1) is 34.2 Å². The lowest BCUT2D eigenvalue weighted by Crippen LogP contribution is -2.37. The van der Waals surface area contributed by atoms with Crippen molar-refractivity contribution < 1.29 is 17.9 Å². The second kappa shape index (κ2) is 10.1. The fraction of sp³-hybridized carbons (Fsp3) is 0.235. The first kappa shape index (κ1) is 21.7. The lowest BCUT2D eigenvalue weighted by atomic mass is 10.2. The minimum Gasteiger partial charge on any atom is -0.434 e. The van der Waals surface area contributed by atoms with Crippen LogP contribution >= 0.6 is 24.0 Å². The first-order valence-electron chi connectivity index (χ1n) is 8.04. The van der Waals surface area contributed by atoms with Gasteiger partial charge < -0.3 is 15.4 Å². The van der Waals surface area contributed by atoms with Crippen LogP contribution in [0.2, 0.25) is 0 Å². The van der Waals surface area contributed by atoms with Crippen LogP contribution in [0.4, 0.5) is 13.2 Å². The maximum absolute atomic E-state index is 14.0. The van der Waals surface area contributed by atoms with E-state index in [2.05, 4.69) is 30.6 Å². The maximum Gasteiger partial charge on any atom is 0.387 e. The highest BCUT2D eigenvalue weighted by molar-refractivity contribution is 14.0. The largest absolute Gasteiger partial charge is 0.434 e. The molecule has 28 heavy (non-hydrogen) atoms. The van der Waals surface area contributed by atoms with E-state index in [1.165, 1.54) is 25.2 Å². The number of nitrogens with one attached hydrogen (secondary N) is 2. The van der Waals surface area contributed by atoms with Gasteiger partial charge in [0, 0.05) is 25.4 Å². The van der Waals surface area contributed by atoms with Crippen molar-refractivity contribution in [2.45, 2.75) is 19.7 Å². The minimum absolute atomic E-state index is 0. The minimum atomic E-state index is -3.04. The van der Waals surface area contributed by atoms with Crippen molar-refractivity contribution in [3.63, 3.8) is 0 Å². The Morgan fingerprint density at radius 2 is 1.93 bits per heavy atom. The Morgan fingerprint density at radius 3 is 2.68 bits per heavy atom. The fourth-order valence-electron chi connectivity index (χ4n) is 2.48. The molecular weight excluding hydrogens is 488 g/mol. The Balaban J connectivity index is 0.00000280. The van der Waals surface area contributed by atoms with Gasteiger partial charge >= 0.3 is 6.61 Å². The lowest BCUT2D eigenvalue weighted by molar-refractivity contribution is -0.0506. The normalized spacial score (nSPS) is 11.4. The van der Waals surface area contributed by atoms with Gasteiger partial charge in [-0.2, -0.15) is 8.78 Å². The van der Waals surface area contributed by atoms with Crippen LogP contribution in [0.15, 0.2) is 47.6 Å². The van der Waals surface area contributed by atoms with Gasteiger partial charge in [0.25, 0.3) is 0 Å². The Bertz CT molecular complexity index is 950. The van der Waals surface area contributed by atoms with Crippen molar-refractivity contribution >= 4 is 35.6 Å². The number of halogens is 4. The second-order valence-corrected chi connectivity index (χ2v) is 5.42. The Labute approximate surface area is 176 Å². The smallest absolute Gasteiger partial charge is 0.387 e. The standard InChI is InChI=1S/C17H17F3N6O.HI/c1-21-17(23-10-15-25-24-14-7-2-3-8-26(14)15)22-9-11-12(18)5-4-6-13(11)27-16(19)20;/h2-8,16H,9-10H2,1H3,(H2,21,22,23);1H. The van der Waals surface area contributed by atoms with Crippen LogP contribution < -0.4 is 15.4 Å².